The predicted octanol–water partition coefficient (Wildman–Crippen LogP) is 14.3. The quantitative estimate of drug-likeness (QED) is 0.0303. The smallest absolute Gasteiger partial charge is 0.323 e. The van der Waals surface area contributed by atoms with E-state index in [1.807, 2.05) is 79.7 Å². The molecule has 12 rings (SSSR count). The van der Waals surface area contributed by atoms with Crippen molar-refractivity contribution in [3.8, 4) is 46.0 Å². The van der Waals surface area contributed by atoms with Crippen molar-refractivity contribution < 1.29 is 89.7 Å². The van der Waals surface area contributed by atoms with Crippen molar-refractivity contribution in [2.24, 2.45) is 93.9 Å². The highest BCUT2D eigenvalue weighted by atomic mass is 16.6. The summed E-state index contributed by atoms with van der Waals surface area (Å²) in [6.07, 6.45) is 2.48. The van der Waals surface area contributed by atoms with Crippen molar-refractivity contribution in [3.05, 3.63) is 93.0 Å². The van der Waals surface area contributed by atoms with Gasteiger partial charge < -0.3 is 79.8 Å². The maximum atomic E-state index is 12.8. The molecule has 0 amide bonds. The number of nitrogens with zero attached hydrogens (tertiary/aromatic N) is 4. The molecule has 8 N–H and O–H groups in total. The van der Waals surface area contributed by atoms with Crippen LogP contribution in [-0.2, 0) is 63.8 Å². The second-order valence-electron chi connectivity index (χ2n) is 37.2. The van der Waals surface area contributed by atoms with E-state index in [-0.39, 0.29) is 83.0 Å². The number of hydrogen-bond donors (Lipinski definition) is 4. The standard InChI is InChI=1S/4C24H38N2O4/c4*1-14(2)9-17-13-26-8-7-16-10-21(28-5)22(29-6)11-18(16)19(26)12-20(17)30-24(27)23(25)15(3)4/h4*10-11,14-15,17,19-20,23H,7-9,12-13,25H2,1-6H3/t4*17?,19?,20?,23-/m0000/s1/i2*5D3,20D;2*20D. The van der Waals surface area contributed by atoms with Gasteiger partial charge in [0.1, 0.15) is 48.5 Å². The Morgan fingerprint density at radius 2 is 0.508 bits per heavy atom. The summed E-state index contributed by atoms with van der Waals surface area (Å²) in [5.41, 5.74) is 32.7. The number of fused-ring (bicyclic) bond motifs is 12. The molecule has 12 unspecified atom stereocenters. The molecule has 0 saturated carbocycles. The molecular weight excluding hydrogens is 1520 g/mol. The van der Waals surface area contributed by atoms with Crippen LogP contribution >= 0.6 is 0 Å². The highest BCUT2D eigenvalue weighted by Crippen LogP contribution is 2.50. The summed E-state index contributed by atoms with van der Waals surface area (Å²) in [5.74, 6) is 2.63. The minimum absolute atomic E-state index is 0.00690. The van der Waals surface area contributed by atoms with E-state index >= 15 is 0 Å². The Morgan fingerprint density at radius 3 is 0.675 bits per heavy atom. The molecule has 0 aromatic heterocycles. The van der Waals surface area contributed by atoms with Crippen LogP contribution in [0.4, 0.5) is 0 Å². The van der Waals surface area contributed by atoms with Gasteiger partial charge in [-0.05, 0) is 192 Å². The topological polar surface area (TPSA) is 296 Å². The van der Waals surface area contributed by atoms with Crippen LogP contribution in [-0.4, -0.2) is 201 Å². The van der Waals surface area contributed by atoms with E-state index in [9.17, 15) is 24.7 Å². The van der Waals surface area contributed by atoms with E-state index in [4.69, 9.17) is 88.0 Å². The Bertz CT molecular complexity index is 4210. The molecule has 0 aliphatic carbocycles. The van der Waals surface area contributed by atoms with Gasteiger partial charge in [0, 0.05) is 126 Å². The zero-order valence-electron chi connectivity index (χ0n) is 85.9. The van der Waals surface area contributed by atoms with Crippen LogP contribution in [0.25, 0.3) is 0 Å². The first-order chi connectivity index (χ1) is 60.7. The predicted molar refractivity (Wildman–Crippen MR) is 471 cm³/mol. The van der Waals surface area contributed by atoms with E-state index in [0.29, 0.717) is 85.4 Å². The molecule has 4 fully saturated rings. The third-order valence-electron chi connectivity index (χ3n) is 25.4. The second-order valence-corrected chi connectivity index (χ2v) is 37.2. The molecule has 672 valence electrons. The highest BCUT2D eigenvalue weighted by Gasteiger charge is 2.47. The van der Waals surface area contributed by atoms with Gasteiger partial charge in [-0.2, -0.15) is 0 Å². The van der Waals surface area contributed by atoms with Crippen molar-refractivity contribution in [2.75, 3.05) is 109 Å². The number of benzene rings is 4. The third-order valence-corrected chi connectivity index (χ3v) is 25.4. The number of methoxy groups -OCH3 is 8. The Labute approximate surface area is 732 Å². The number of carbonyl (C=O) groups is 4. The molecule has 0 spiro atoms. The van der Waals surface area contributed by atoms with Gasteiger partial charge >= 0.3 is 23.9 Å². The monoisotopic (exact) mass is 1680 g/mol. The number of hydrogen-bond acceptors (Lipinski definition) is 24. The third kappa shape index (κ3) is 23.8. The lowest BCUT2D eigenvalue weighted by Gasteiger charge is -2.47. The van der Waals surface area contributed by atoms with Crippen molar-refractivity contribution in [3.63, 3.8) is 0 Å². The van der Waals surface area contributed by atoms with Crippen LogP contribution < -0.4 is 60.8 Å². The molecule has 8 aliphatic heterocycles. The fourth-order valence-electron chi connectivity index (χ4n) is 18.4. The zero-order chi connectivity index (χ0) is 96.7. The van der Waals surface area contributed by atoms with Crippen LogP contribution in [0.3, 0.4) is 0 Å². The lowest BCUT2D eigenvalue weighted by molar-refractivity contribution is -0.161. The first kappa shape index (κ1) is 82.4. The summed E-state index contributed by atoms with van der Waals surface area (Å²) in [4.78, 5) is 60.7. The number of carbonyl (C=O) groups excluding carboxylic acids is 4. The average molecular weight is 1680 g/mol. The van der Waals surface area contributed by atoms with Crippen molar-refractivity contribution >= 4 is 23.9 Å². The van der Waals surface area contributed by atoms with E-state index in [1.165, 1.54) is 25.3 Å². The van der Waals surface area contributed by atoms with Gasteiger partial charge in [-0.3, -0.25) is 38.8 Å². The van der Waals surface area contributed by atoms with Gasteiger partial charge in [0.25, 0.3) is 0 Å². The Morgan fingerprint density at radius 1 is 0.325 bits per heavy atom. The van der Waals surface area contributed by atoms with Crippen LogP contribution in [0, 0.1) is 71.0 Å². The number of esters is 4. The largest absolute Gasteiger partial charge is 0.493 e. The van der Waals surface area contributed by atoms with Crippen molar-refractivity contribution in [1.82, 2.24) is 19.6 Å². The van der Waals surface area contributed by atoms with Crippen LogP contribution in [0.2, 0.25) is 0 Å². The number of rotatable bonds is 28. The minimum atomic E-state index is -2.59. The summed E-state index contributed by atoms with van der Waals surface area (Å²) in [5, 5.41) is 0. The lowest BCUT2D eigenvalue weighted by Crippen LogP contribution is -2.51. The van der Waals surface area contributed by atoms with Crippen LogP contribution in [0.1, 0.15) is 245 Å². The van der Waals surface area contributed by atoms with E-state index in [0.717, 1.165) is 136 Å². The van der Waals surface area contributed by atoms with Crippen LogP contribution in [0.5, 0.6) is 46.0 Å². The normalized spacial score (nSPS) is 28.8. The maximum Gasteiger partial charge on any atom is 0.323 e. The zero-order valence-corrected chi connectivity index (χ0v) is 75.9. The number of nitrogens with two attached hydrogens (primary N) is 4. The number of piperidine rings is 4. The Balaban J connectivity index is 0.000000195. The molecular formula is C96H152N8O16. The number of ether oxygens (including phenoxy) is 12. The Kier molecular flexibility index (Phi) is 30.2. The van der Waals surface area contributed by atoms with Gasteiger partial charge in [-0.25, -0.2) is 0 Å². The summed E-state index contributed by atoms with van der Waals surface area (Å²) in [7, 11) is 4.32. The molecule has 8 aliphatic rings. The summed E-state index contributed by atoms with van der Waals surface area (Å²) in [6.45, 7) is 38.1. The SMILES string of the molecule is [2H]C([2H])([2H])Oc1cc2c(cc1OC)C1CC([2H])(OC(=O)[C@@H](N)C(C)C)C(CC(C)C)CN1CC2.[2H]C([2H])([2H])Oc1cc2c(cc1OC)C1CC([2H])(OC(=O)[C@@H](N)C(C)C)C(CC(C)C)CN1CC2.[2H]C1(OC(=O)[C@@H](N)C(C)C)CC2c3cc(OC)c(OC)cc3CCN2CC1CC(C)C.[2H]C1(OC(=O)[C@@H](N)C(C)C)CC2c3cc(OC)c(OC)cc3CCN2CC1CC(C)C. The van der Waals surface area contributed by atoms with E-state index < -0.39 is 86.4 Å². The van der Waals surface area contributed by atoms with Gasteiger partial charge in [0.05, 0.1) is 70.4 Å². The van der Waals surface area contributed by atoms with Crippen molar-refractivity contribution in [1.29, 1.82) is 0 Å². The highest BCUT2D eigenvalue weighted by molar-refractivity contribution is 5.77. The molecule has 0 bridgehead atoms. The molecule has 4 aromatic carbocycles. The van der Waals surface area contributed by atoms with Gasteiger partial charge in [-0.15, -0.1) is 0 Å². The first-order valence-electron chi connectivity index (χ1n) is 48.9. The second kappa shape index (κ2) is 43.9. The van der Waals surface area contributed by atoms with Crippen molar-refractivity contribution in [2.45, 2.75) is 260 Å². The van der Waals surface area contributed by atoms with Crippen LogP contribution in [0.15, 0.2) is 48.5 Å². The molecule has 120 heavy (non-hydrogen) atoms. The van der Waals surface area contributed by atoms with E-state index in [2.05, 4.69) is 75.0 Å². The molecule has 0 radical (unpaired) electrons. The Hall–Kier alpha value is -7.16. The average Bonchev–Trinajstić information content (AvgIpc) is 0.759. The first-order valence-corrected chi connectivity index (χ1v) is 43.9. The molecule has 4 aromatic rings. The van der Waals surface area contributed by atoms with Gasteiger partial charge in [0.15, 0.2) is 46.0 Å². The van der Waals surface area contributed by atoms with Gasteiger partial charge in [0.2, 0.25) is 0 Å². The van der Waals surface area contributed by atoms with E-state index in [1.54, 1.807) is 52.7 Å². The van der Waals surface area contributed by atoms with Gasteiger partial charge in [-0.1, -0.05) is 111 Å². The molecule has 16 atom stereocenters. The maximum absolute atomic E-state index is 12.8. The summed E-state index contributed by atoms with van der Waals surface area (Å²) >= 11 is 0. The molecule has 24 nitrogen and oxygen atoms in total. The summed E-state index contributed by atoms with van der Waals surface area (Å²) < 4.78 is 149. The fraction of sp³-hybridized carbons (Fsp3) is 0.708. The molecule has 4 saturated heterocycles. The lowest BCUT2D eigenvalue weighted by atomic mass is 9.79. The minimum Gasteiger partial charge on any atom is -0.493 e. The molecule has 8 heterocycles. The summed E-state index contributed by atoms with van der Waals surface area (Å²) in [6, 6.07) is 11.8. The fourth-order valence-corrected chi connectivity index (χ4v) is 18.4. The molecule has 24 heteroatoms.